The number of aromatic nitrogens is 3. The molecule has 6 heteroatoms. The second kappa shape index (κ2) is 7.48. The van der Waals surface area contributed by atoms with Gasteiger partial charge in [-0.3, -0.25) is 9.89 Å². The summed E-state index contributed by atoms with van der Waals surface area (Å²) in [5, 5.41) is 7.51. The van der Waals surface area contributed by atoms with E-state index in [1.165, 1.54) is 12.8 Å². The van der Waals surface area contributed by atoms with Crippen molar-refractivity contribution >= 4 is 5.91 Å². The van der Waals surface area contributed by atoms with Crippen LogP contribution in [0.25, 0.3) is 0 Å². The molecule has 2 aromatic rings. The molecule has 1 aliphatic heterocycles. The van der Waals surface area contributed by atoms with E-state index in [4.69, 9.17) is 4.74 Å². The quantitative estimate of drug-likeness (QED) is 0.865. The van der Waals surface area contributed by atoms with Crippen molar-refractivity contribution in [1.29, 1.82) is 0 Å². The van der Waals surface area contributed by atoms with Gasteiger partial charge in [-0.1, -0.05) is 12.1 Å². The number of nitrogens with zero attached hydrogens (tertiary/aromatic N) is 3. The number of likely N-dealkylation sites (tertiary alicyclic amines) is 1. The number of amides is 1. The molecule has 1 N–H and O–H groups in total. The zero-order valence-corrected chi connectivity index (χ0v) is 15.3. The van der Waals surface area contributed by atoms with Crippen LogP contribution in [0.4, 0.5) is 0 Å². The monoisotopic (exact) mass is 354 g/mol. The van der Waals surface area contributed by atoms with Crippen molar-refractivity contribution in [2.45, 2.75) is 50.4 Å². The van der Waals surface area contributed by atoms with Crippen LogP contribution in [0, 0.1) is 0 Å². The first kappa shape index (κ1) is 17.1. The topological polar surface area (TPSA) is 71.1 Å². The molecule has 0 bridgehead atoms. The number of nitrogens with one attached hydrogen (secondary N) is 1. The summed E-state index contributed by atoms with van der Waals surface area (Å²) in [7, 11) is 1.66. The SMILES string of the molecule is COc1ccc(CCC(=O)N2CCCC(c3n[nH]c(C4CC4)n3)C2)cc1. The smallest absolute Gasteiger partial charge is 0.222 e. The lowest BCUT2D eigenvalue weighted by molar-refractivity contribution is -0.132. The summed E-state index contributed by atoms with van der Waals surface area (Å²) in [5.41, 5.74) is 1.16. The van der Waals surface area contributed by atoms with Crippen LogP contribution in [0.15, 0.2) is 24.3 Å². The zero-order chi connectivity index (χ0) is 17.9. The van der Waals surface area contributed by atoms with E-state index in [9.17, 15) is 4.79 Å². The van der Waals surface area contributed by atoms with Gasteiger partial charge >= 0.3 is 0 Å². The number of H-pyrrole nitrogens is 1. The fraction of sp³-hybridized carbons (Fsp3) is 0.550. The van der Waals surface area contributed by atoms with Gasteiger partial charge in [0.2, 0.25) is 5.91 Å². The van der Waals surface area contributed by atoms with Crippen LogP contribution >= 0.6 is 0 Å². The predicted molar refractivity (Wildman–Crippen MR) is 98.2 cm³/mol. The van der Waals surface area contributed by atoms with Gasteiger partial charge in [0.15, 0.2) is 5.82 Å². The van der Waals surface area contributed by atoms with Crippen LogP contribution in [-0.4, -0.2) is 46.2 Å². The van der Waals surface area contributed by atoms with Crippen LogP contribution in [0.2, 0.25) is 0 Å². The number of benzene rings is 1. The van der Waals surface area contributed by atoms with Crippen LogP contribution in [0.5, 0.6) is 5.75 Å². The second-order valence-electron chi connectivity index (χ2n) is 7.38. The average Bonchev–Trinajstić information content (AvgIpc) is 3.43. The molecular formula is C20H26N4O2. The molecular weight excluding hydrogens is 328 g/mol. The third-order valence-corrected chi connectivity index (χ3v) is 5.41. The van der Waals surface area contributed by atoms with Gasteiger partial charge in [-0.05, 0) is 49.8 Å². The normalized spacial score (nSPS) is 20.2. The van der Waals surface area contributed by atoms with Gasteiger partial charge in [-0.25, -0.2) is 4.98 Å². The molecule has 1 unspecified atom stereocenters. The Kier molecular flexibility index (Phi) is 4.91. The average molecular weight is 354 g/mol. The number of hydrogen-bond donors (Lipinski definition) is 1. The third kappa shape index (κ3) is 3.89. The Hall–Kier alpha value is -2.37. The fourth-order valence-electron chi connectivity index (χ4n) is 3.63. The first-order valence-corrected chi connectivity index (χ1v) is 9.56. The molecule has 1 amide bonds. The van der Waals surface area contributed by atoms with Gasteiger partial charge in [0.25, 0.3) is 0 Å². The highest BCUT2D eigenvalue weighted by Crippen LogP contribution is 2.38. The van der Waals surface area contributed by atoms with E-state index in [2.05, 4.69) is 15.2 Å². The van der Waals surface area contributed by atoms with Crippen LogP contribution in [0.1, 0.15) is 61.2 Å². The Morgan fingerprint density at radius 2 is 2.04 bits per heavy atom. The number of rotatable bonds is 6. The van der Waals surface area contributed by atoms with Crippen LogP contribution in [-0.2, 0) is 11.2 Å². The molecule has 1 atom stereocenters. The number of carbonyl (C=O) groups excluding carboxylic acids is 1. The summed E-state index contributed by atoms with van der Waals surface area (Å²) in [6.45, 7) is 1.58. The molecule has 0 spiro atoms. The van der Waals surface area contributed by atoms with Crippen LogP contribution < -0.4 is 4.74 Å². The number of piperidine rings is 1. The molecule has 26 heavy (non-hydrogen) atoms. The number of carbonyl (C=O) groups is 1. The Balaban J connectivity index is 1.31. The number of hydrogen-bond acceptors (Lipinski definition) is 4. The van der Waals surface area contributed by atoms with E-state index >= 15 is 0 Å². The van der Waals surface area contributed by atoms with Gasteiger partial charge in [0.05, 0.1) is 7.11 Å². The van der Waals surface area contributed by atoms with E-state index in [1.807, 2.05) is 29.2 Å². The molecule has 6 nitrogen and oxygen atoms in total. The maximum atomic E-state index is 12.6. The van der Waals surface area contributed by atoms with Crippen molar-refractivity contribution in [2.75, 3.05) is 20.2 Å². The molecule has 2 heterocycles. The minimum absolute atomic E-state index is 0.225. The molecule has 2 aliphatic rings. The minimum atomic E-state index is 0.225. The summed E-state index contributed by atoms with van der Waals surface area (Å²) in [5.74, 6) is 3.83. The highest BCUT2D eigenvalue weighted by Gasteiger charge is 2.31. The number of methoxy groups -OCH3 is 1. The molecule has 1 aromatic carbocycles. The van der Waals surface area contributed by atoms with Gasteiger partial charge in [0, 0.05) is 31.3 Å². The Morgan fingerprint density at radius 1 is 1.23 bits per heavy atom. The first-order valence-electron chi connectivity index (χ1n) is 9.56. The van der Waals surface area contributed by atoms with Gasteiger partial charge in [-0.15, -0.1) is 0 Å². The largest absolute Gasteiger partial charge is 0.497 e. The minimum Gasteiger partial charge on any atom is -0.497 e. The van der Waals surface area contributed by atoms with E-state index in [-0.39, 0.29) is 11.8 Å². The summed E-state index contributed by atoms with van der Waals surface area (Å²) in [4.78, 5) is 19.3. The van der Waals surface area contributed by atoms with Crippen molar-refractivity contribution in [1.82, 2.24) is 20.1 Å². The highest BCUT2D eigenvalue weighted by atomic mass is 16.5. The maximum absolute atomic E-state index is 12.6. The molecule has 1 saturated carbocycles. The van der Waals surface area contributed by atoms with Crippen LogP contribution in [0.3, 0.4) is 0 Å². The maximum Gasteiger partial charge on any atom is 0.222 e. The predicted octanol–water partition coefficient (Wildman–Crippen LogP) is 3.03. The number of ether oxygens (including phenoxy) is 1. The highest BCUT2D eigenvalue weighted by molar-refractivity contribution is 5.76. The Morgan fingerprint density at radius 3 is 2.77 bits per heavy atom. The Bertz CT molecular complexity index is 751. The lowest BCUT2D eigenvalue weighted by Crippen LogP contribution is -2.39. The van der Waals surface area contributed by atoms with Crippen molar-refractivity contribution in [3.8, 4) is 5.75 Å². The standard InChI is InChI=1S/C20H26N4O2/c1-26-17-9-4-14(5-10-17)6-11-18(25)24-12-2-3-16(13-24)20-21-19(22-23-20)15-7-8-15/h4-5,9-10,15-16H,2-3,6-8,11-13H2,1H3,(H,21,22,23). The van der Waals surface area contributed by atoms with Gasteiger partial charge in [-0.2, -0.15) is 5.10 Å². The van der Waals surface area contributed by atoms with E-state index in [1.54, 1.807) is 7.11 Å². The lowest BCUT2D eigenvalue weighted by Gasteiger charge is -2.31. The molecule has 138 valence electrons. The number of aryl methyl sites for hydroxylation is 1. The van der Waals surface area contributed by atoms with Crippen molar-refractivity contribution in [3.05, 3.63) is 41.5 Å². The summed E-state index contributed by atoms with van der Waals surface area (Å²) in [6, 6.07) is 7.94. The fourth-order valence-corrected chi connectivity index (χ4v) is 3.63. The van der Waals surface area contributed by atoms with Gasteiger partial charge in [0.1, 0.15) is 11.6 Å². The number of aromatic amines is 1. The molecule has 2 fully saturated rings. The van der Waals surface area contributed by atoms with E-state index in [0.29, 0.717) is 12.3 Å². The summed E-state index contributed by atoms with van der Waals surface area (Å²) >= 11 is 0. The molecule has 1 aliphatic carbocycles. The molecule has 0 radical (unpaired) electrons. The third-order valence-electron chi connectivity index (χ3n) is 5.41. The zero-order valence-electron chi connectivity index (χ0n) is 15.3. The van der Waals surface area contributed by atoms with Crippen molar-refractivity contribution in [2.24, 2.45) is 0 Å². The summed E-state index contributed by atoms with van der Waals surface area (Å²) in [6.07, 6.45) is 5.82. The molecule has 4 rings (SSSR count). The Labute approximate surface area is 154 Å². The summed E-state index contributed by atoms with van der Waals surface area (Å²) < 4.78 is 5.17. The van der Waals surface area contributed by atoms with Crippen molar-refractivity contribution < 1.29 is 9.53 Å². The van der Waals surface area contributed by atoms with E-state index in [0.717, 1.165) is 55.3 Å². The lowest BCUT2D eigenvalue weighted by atomic mass is 9.96. The van der Waals surface area contributed by atoms with Gasteiger partial charge < -0.3 is 9.64 Å². The molecule has 1 aromatic heterocycles. The first-order chi connectivity index (χ1) is 12.7. The van der Waals surface area contributed by atoms with E-state index < -0.39 is 0 Å². The van der Waals surface area contributed by atoms with Crippen molar-refractivity contribution in [3.63, 3.8) is 0 Å². The molecule has 1 saturated heterocycles. The second-order valence-corrected chi connectivity index (χ2v) is 7.38.